The Labute approximate surface area is 284 Å². The maximum Gasteiger partial charge on any atom is 0.338 e. The second-order valence-corrected chi connectivity index (χ2v) is 12.3. The number of carbonyl (C=O) groups is 1. The lowest BCUT2D eigenvalue weighted by atomic mass is 9.96. The summed E-state index contributed by atoms with van der Waals surface area (Å²) in [6.45, 7) is 11.2. The molecule has 0 radical (unpaired) electrons. The zero-order valence-corrected chi connectivity index (χ0v) is 29.1. The molecule has 0 saturated heterocycles. The number of carbonyl (C=O) groups excluding carboxylic acids is 1. The fourth-order valence-electron chi connectivity index (χ4n) is 5.49. The van der Waals surface area contributed by atoms with Crippen LogP contribution in [0.5, 0.6) is 23.0 Å². The largest absolute Gasteiger partial charge is 0.497 e. The maximum absolute atomic E-state index is 14.0. The quantitative estimate of drug-likeness (QED) is 0.117. The number of benzene rings is 3. The van der Waals surface area contributed by atoms with Crippen LogP contribution in [0.4, 0.5) is 0 Å². The minimum Gasteiger partial charge on any atom is -0.497 e. The van der Waals surface area contributed by atoms with E-state index in [1.807, 2.05) is 49.4 Å². The number of hydrogen-bond acceptors (Lipinski definition) is 9. The summed E-state index contributed by atoms with van der Waals surface area (Å²) >= 11 is 1.26. The molecule has 2 heterocycles. The normalized spacial score (nSPS) is 15.0. The molecule has 0 aliphatic carbocycles. The number of fused-ring (bicyclic) bond motifs is 1. The van der Waals surface area contributed by atoms with E-state index in [-0.39, 0.29) is 12.2 Å². The minimum absolute atomic E-state index is 0.205. The van der Waals surface area contributed by atoms with E-state index in [1.165, 1.54) is 16.9 Å². The van der Waals surface area contributed by atoms with Gasteiger partial charge in [-0.1, -0.05) is 55.5 Å². The van der Waals surface area contributed by atoms with Crippen molar-refractivity contribution in [2.75, 3.05) is 33.5 Å². The van der Waals surface area contributed by atoms with Crippen molar-refractivity contribution in [2.24, 2.45) is 4.99 Å². The Kier molecular flexibility index (Phi) is 11.4. The van der Waals surface area contributed by atoms with Crippen molar-refractivity contribution >= 4 is 23.4 Å². The first-order valence-electron chi connectivity index (χ1n) is 16.2. The van der Waals surface area contributed by atoms with Gasteiger partial charge in [0.2, 0.25) is 0 Å². The summed E-state index contributed by atoms with van der Waals surface area (Å²) in [4.78, 5) is 32.3. The summed E-state index contributed by atoms with van der Waals surface area (Å²) in [7, 11) is 1.59. The Hall–Kier alpha value is -4.83. The molecule has 4 aromatic rings. The van der Waals surface area contributed by atoms with Crippen LogP contribution in [-0.2, 0) is 9.53 Å². The average molecular weight is 671 g/mol. The summed E-state index contributed by atoms with van der Waals surface area (Å²) < 4.78 is 30.6. The number of ether oxygens (including phenoxy) is 5. The van der Waals surface area contributed by atoms with Crippen LogP contribution >= 0.6 is 11.3 Å². The maximum atomic E-state index is 14.0. The van der Waals surface area contributed by atoms with Crippen LogP contribution in [0.1, 0.15) is 69.7 Å². The first-order valence-corrected chi connectivity index (χ1v) is 17.1. The number of methoxy groups -OCH3 is 1. The lowest BCUT2D eigenvalue weighted by molar-refractivity contribution is -0.139. The van der Waals surface area contributed by atoms with Crippen molar-refractivity contribution in [2.45, 2.75) is 53.0 Å². The number of hydrogen-bond donors (Lipinski definition) is 0. The Bertz CT molecular complexity index is 1940. The SMILES string of the molecule is CCOC(=O)C1=C(C)N=c2s/c(=C/c3ccc(OCCOc4ccc([C@@H](C)CC)cc4)c(OCC)c3)c(=O)n2[C@@H]1c1ccc(OC)cc1. The third kappa shape index (κ3) is 7.65. The van der Waals surface area contributed by atoms with Gasteiger partial charge in [0.05, 0.1) is 42.2 Å². The van der Waals surface area contributed by atoms with Crippen LogP contribution in [0.3, 0.4) is 0 Å². The Morgan fingerprint density at radius 1 is 0.917 bits per heavy atom. The molecular weight excluding hydrogens is 628 g/mol. The van der Waals surface area contributed by atoms with E-state index >= 15 is 0 Å². The van der Waals surface area contributed by atoms with Gasteiger partial charge in [0, 0.05) is 0 Å². The van der Waals surface area contributed by atoms with Crippen molar-refractivity contribution in [1.29, 1.82) is 0 Å². The lowest BCUT2D eigenvalue weighted by Crippen LogP contribution is -2.39. The van der Waals surface area contributed by atoms with Crippen LogP contribution in [0.2, 0.25) is 0 Å². The van der Waals surface area contributed by atoms with E-state index in [0.717, 1.165) is 23.3 Å². The van der Waals surface area contributed by atoms with Gasteiger partial charge < -0.3 is 23.7 Å². The molecule has 9 nitrogen and oxygen atoms in total. The molecule has 0 N–H and O–H groups in total. The number of aromatic nitrogens is 1. The van der Waals surface area contributed by atoms with Gasteiger partial charge in [0.25, 0.3) is 5.56 Å². The smallest absolute Gasteiger partial charge is 0.338 e. The average Bonchev–Trinajstić information content (AvgIpc) is 3.40. The predicted molar refractivity (Wildman–Crippen MR) is 187 cm³/mol. The third-order valence-electron chi connectivity index (χ3n) is 8.19. The highest BCUT2D eigenvalue weighted by Crippen LogP contribution is 2.32. The van der Waals surface area contributed by atoms with Gasteiger partial charge in [0.15, 0.2) is 16.3 Å². The van der Waals surface area contributed by atoms with Crippen molar-refractivity contribution in [3.05, 3.63) is 114 Å². The number of rotatable bonds is 14. The van der Waals surface area contributed by atoms with Gasteiger partial charge in [0.1, 0.15) is 24.7 Å². The van der Waals surface area contributed by atoms with Crippen molar-refractivity contribution in [3.63, 3.8) is 0 Å². The molecule has 10 heteroatoms. The molecule has 0 amide bonds. The molecule has 0 bridgehead atoms. The summed E-state index contributed by atoms with van der Waals surface area (Å²) in [5.74, 6) is 2.62. The summed E-state index contributed by atoms with van der Waals surface area (Å²) in [5.41, 5.74) is 3.37. The molecule has 0 spiro atoms. The molecule has 1 aliphatic rings. The second-order valence-electron chi connectivity index (χ2n) is 11.3. The van der Waals surface area contributed by atoms with E-state index in [9.17, 15) is 9.59 Å². The predicted octanol–water partition coefficient (Wildman–Crippen LogP) is 6.18. The lowest BCUT2D eigenvalue weighted by Gasteiger charge is -2.24. The van der Waals surface area contributed by atoms with Crippen LogP contribution in [-0.4, -0.2) is 44.1 Å². The molecule has 0 fully saturated rings. The van der Waals surface area contributed by atoms with Crippen LogP contribution in [0.15, 0.2) is 87.8 Å². The fourth-order valence-corrected chi connectivity index (χ4v) is 6.53. The van der Waals surface area contributed by atoms with Gasteiger partial charge in [-0.2, -0.15) is 0 Å². The highest BCUT2D eigenvalue weighted by Gasteiger charge is 2.33. The molecule has 1 aliphatic heterocycles. The molecule has 252 valence electrons. The van der Waals surface area contributed by atoms with Crippen LogP contribution in [0.25, 0.3) is 6.08 Å². The number of esters is 1. The summed E-state index contributed by atoms with van der Waals surface area (Å²) in [6.07, 6.45) is 2.89. The summed E-state index contributed by atoms with van der Waals surface area (Å²) in [6, 6.07) is 20.3. The second kappa shape index (κ2) is 15.8. The van der Waals surface area contributed by atoms with Crippen molar-refractivity contribution in [3.8, 4) is 23.0 Å². The third-order valence-corrected chi connectivity index (χ3v) is 9.17. The molecular formula is C38H42N2O7S. The zero-order valence-electron chi connectivity index (χ0n) is 28.3. The zero-order chi connectivity index (χ0) is 34.2. The molecule has 0 unspecified atom stereocenters. The Morgan fingerprint density at radius 2 is 1.62 bits per heavy atom. The fraction of sp³-hybridized carbons (Fsp3) is 0.342. The van der Waals surface area contributed by atoms with E-state index < -0.39 is 12.0 Å². The van der Waals surface area contributed by atoms with Crippen LogP contribution in [0, 0.1) is 0 Å². The molecule has 1 aromatic heterocycles. The molecule has 5 rings (SSSR count). The topological polar surface area (TPSA) is 97.6 Å². The van der Waals surface area contributed by atoms with E-state index in [0.29, 0.717) is 63.6 Å². The number of nitrogens with zero attached hydrogens (tertiary/aromatic N) is 2. The highest BCUT2D eigenvalue weighted by molar-refractivity contribution is 7.07. The number of thiazole rings is 1. The van der Waals surface area contributed by atoms with E-state index in [2.05, 4.69) is 31.0 Å². The van der Waals surface area contributed by atoms with Crippen molar-refractivity contribution in [1.82, 2.24) is 4.57 Å². The first-order chi connectivity index (χ1) is 23.3. The van der Waals surface area contributed by atoms with Gasteiger partial charge >= 0.3 is 5.97 Å². The molecule has 0 saturated carbocycles. The van der Waals surface area contributed by atoms with Gasteiger partial charge in [-0.05, 0) is 92.3 Å². The Balaban J connectivity index is 1.40. The molecule has 48 heavy (non-hydrogen) atoms. The highest BCUT2D eigenvalue weighted by atomic mass is 32.1. The molecule has 3 aromatic carbocycles. The van der Waals surface area contributed by atoms with Crippen LogP contribution < -0.4 is 33.8 Å². The monoisotopic (exact) mass is 670 g/mol. The summed E-state index contributed by atoms with van der Waals surface area (Å²) in [5, 5.41) is 0. The Morgan fingerprint density at radius 3 is 2.29 bits per heavy atom. The first kappa shape index (κ1) is 34.5. The van der Waals surface area contributed by atoms with Gasteiger partial charge in [-0.3, -0.25) is 9.36 Å². The minimum atomic E-state index is -0.705. The van der Waals surface area contributed by atoms with E-state index in [1.54, 1.807) is 43.7 Å². The van der Waals surface area contributed by atoms with E-state index in [4.69, 9.17) is 23.7 Å². The van der Waals surface area contributed by atoms with Crippen molar-refractivity contribution < 1.29 is 28.5 Å². The standard InChI is InChI=1S/C38H42N2O7S/c1-7-24(4)27-11-17-30(18-12-27)46-20-21-47-31-19-10-26(22-32(31)44-8-2)23-33-36(41)40-35(28-13-15-29(43-6)16-14-28)34(37(42)45-9-3)25(5)39-38(40)48-33/h10-19,22-24,35H,7-9,20-21H2,1-6H3/b33-23+/t24-,35+/m0/s1. The van der Waals surface area contributed by atoms with Gasteiger partial charge in [-0.15, -0.1) is 0 Å². The molecule has 2 atom stereocenters. The van der Waals surface area contributed by atoms with Gasteiger partial charge in [-0.25, -0.2) is 9.79 Å². The number of allylic oxidation sites excluding steroid dienone is 1.